The van der Waals surface area contributed by atoms with Gasteiger partial charge in [-0.1, -0.05) is 42.5 Å². The lowest BCUT2D eigenvalue weighted by molar-refractivity contribution is 0.0949. The average molecular weight is 338 g/mol. The van der Waals surface area contributed by atoms with Gasteiger partial charge in [-0.15, -0.1) is 0 Å². The minimum atomic E-state index is -0.576. The summed E-state index contributed by atoms with van der Waals surface area (Å²) in [6.07, 6.45) is 1.39. The Bertz CT molecular complexity index is 865. The number of benzene rings is 2. The zero-order valence-corrected chi connectivity index (χ0v) is 13.4. The van der Waals surface area contributed by atoms with Crippen LogP contribution < -0.4 is 5.32 Å². The first kappa shape index (κ1) is 16.8. The molecule has 0 radical (unpaired) electrons. The number of halogens is 2. The number of rotatable bonds is 5. The maximum Gasteiger partial charge on any atom is 0.253 e. The number of nitrogens with zero attached hydrogens (tertiary/aromatic N) is 1. The van der Waals surface area contributed by atoms with Crippen LogP contribution in [0.4, 0.5) is 8.78 Å². The molecular formula is C20H16F2N2O. The predicted octanol–water partition coefficient (Wildman–Crippen LogP) is 3.88. The van der Waals surface area contributed by atoms with E-state index in [-0.39, 0.29) is 11.4 Å². The van der Waals surface area contributed by atoms with E-state index in [0.29, 0.717) is 18.7 Å². The minimum Gasteiger partial charge on any atom is -0.348 e. The van der Waals surface area contributed by atoms with Gasteiger partial charge in [0.2, 0.25) is 0 Å². The van der Waals surface area contributed by atoms with Crippen LogP contribution in [0.1, 0.15) is 27.2 Å². The van der Waals surface area contributed by atoms with Crippen LogP contribution in [0.2, 0.25) is 0 Å². The second-order valence-electron chi connectivity index (χ2n) is 5.62. The molecule has 0 unspecified atom stereocenters. The molecule has 3 aromatic rings. The molecule has 1 N–H and O–H groups in total. The lowest BCUT2D eigenvalue weighted by Gasteiger charge is -2.10. The van der Waals surface area contributed by atoms with E-state index in [2.05, 4.69) is 10.3 Å². The van der Waals surface area contributed by atoms with Crippen molar-refractivity contribution in [2.45, 2.75) is 13.0 Å². The zero-order valence-electron chi connectivity index (χ0n) is 13.4. The second kappa shape index (κ2) is 7.66. The average Bonchev–Trinajstić information content (AvgIpc) is 2.64. The molecular weight excluding hydrogens is 322 g/mol. The number of hydrogen-bond acceptors (Lipinski definition) is 2. The molecule has 3 rings (SSSR count). The monoisotopic (exact) mass is 338 g/mol. The quantitative estimate of drug-likeness (QED) is 0.767. The minimum absolute atomic E-state index is 0.181. The molecule has 0 aliphatic heterocycles. The number of aromatic nitrogens is 1. The van der Waals surface area contributed by atoms with Crippen LogP contribution in [-0.2, 0) is 13.0 Å². The standard InChI is InChI=1S/C20H16F2N2O/c21-16-8-6-14(7-9-16)10-19-18(11-17(22)13-23-19)20(25)24-12-15-4-2-1-3-5-15/h1-9,11,13H,10,12H2,(H,24,25). The SMILES string of the molecule is O=C(NCc1ccccc1)c1cc(F)cnc1Cc1ccc(F)cc1. The van der Waals surface area contributed by atoms with Crippen LogP contribution in [0, 0.1) is 11.6 Å². The zero-order chi connectivity index (χ0) is 17.6. The van der Waals surface area contributed by atoms with Crippen LogP contribution in [0.5, 0.6) is 0 Å². The van der Waals surface area contributed by atoms with E-state index in [1.54, 1.807) is 12.1 Å². The number of carbonyl (C=O) groups excluding carboxylic acids is 1. The Morgan fingerprint density at radius 2 is 1.64 bits per heavy atom. The smallest absolute Gasteiger partial charge is 0.253 e. The molecule has 1 aromatic heterocycles. The number of pyridine rings is 1. The molecule has 126 valence electrons. The number of carbonyl (C=O) groups is 1. The summed E-state index contributed by atoms with van der Waals surface area (Å²) in [5, 5.41) is 2.77. The fourth-order valence-corrected chi connectivity index (χ4v) is 2.47. The molecule has 0 saturated carbocycles. The number of hydrogen-bond donors (Lipinski definition) is 1. The fourth-order valence-electron chi connectivity index (χ4n) is 2.47. The Morgan fingerprint density at radius 1 is 0.920 bits per heavy atom. The highest BCUT2D eigenvalue weighted by atomic mass is 19.1. The second-order valence-corrected chi connectivity index (χ2v) is 5.62. The van der Waals surface area contributed by atoms with Crippen molar-refractivity contribution in [2.24, 2.45) is 0 Å². The molecule has 3 nitrogen and oxygen atoms in total. The van der Waals surface area contributed by atoms with Crippen molar-refractivity contribution in [2.75, 3.05) is 0 Å². The summed E-state index contributed by atoms with van der Waals surface area (Å²) in [6, 6.07) is 16.5. The van der Waals surface area contributed by atoms with Gasteiger partial charge in [-0.2, -0.15) is 0 Å². The molecule has 5 heteroatoms. The molecule has 0 atom stereocenters. The van der Waals surface area contributed by atoms with E-state index in [0.717, 1.165) is 17.3 Å². The summed E-state index contributed by atoms with van der Waals surface area (Å²) in [4.78, 5) is 16.5. The van der Waals surface area contributed by atoms with Crippen molar-refractivity contribution in [1.29, 1.82) is 0 Å². The maximum atomic E-state index is 13.6. The van der Waals surface area contributed by atoms with Gasteiger partial charge < -0.3 is 5.32 Å². The Balaban J connectivity index is 1.78. The van der Waals surface area contributed by atoms with Crippen LogP contribution in [0.15, 0.2) is 66.9 Å². The number of nitrogens with one attached hydrogen (secondary N) is 1. The van der Waals surface area contributed by atoms with Crippen molar-refractivity contribution in [3.63, 3.8) is 0 Å². The van der Waals surface area contributed by atoms with E-state index in [1.165, 1.54) is 18.2 Å². The molecule has 0 bridgehead atoms. The van der Waals surface area contributed by atoms with Gasteiger partial charge in [0.05, 0.1) is 17.5 Å². The van der Waals surface area contributed by atoms with Gasteiger partial charge in [-0.25, -0.2) is 8.78 Å². The van der Waals surface area contributed by atoms with Gasteiger partial charge in [0, 0.05) is 13.0 Å². The largest absolute Gasteiger partial charge is 0.348 e. The topological polar surface area (TPSA) is 42.0 Å². The summed E-state index contributed by atoms with van der Waals surface area (Å²) >= 11 is 0. The highest BCUT2D eigenvalue weighted by Gasteiger charge is 2.14. The van der Waals surface area contributed by atoms with E-state index in [4.69, 9.17) is 0 Å². The van der Waals surface area contributed by atoms with Gasteiger partial charge >= 0.3 is 0 Å². The highest BCUT2D eigenvalue weighted by molar-refractivity contribution is 5.95. The van der Waals surface area contributed by atoms with Crippen LogP contribution in [-0.4, -0.2) is 10.9 Å². The van der Waals surface area contributed by atoms with Gasteiger partial charge in [0.1, 0.15) is 11.6 Å². The Morgan fingerprint density at radius 3 is 2.36 bits per heavy atom. The van der Waals surface area contributed by atoms with E-state index in [9.17, 15) is 13.6 Å². The lowest BCUT2D eigenvalue weighted by Crippen LogP contribution is -2.24. The Labute approximate surface area is 144 Å². The van der Waals surface area contributed by atoms with Gasteiger partial charge in [-0.3, -0.25) is 9.78 Å². The summed E-state index contributed by atoms with van der Waals surface area (Å²) in [7, 11) is 0. The lowest BCUT2D eigenvalue weighted by atomic mass is 10.0. The molecule has 0 aliphatic rings. The molecule has 0 saturated heterocycles. The van der Waals surface area contributed by atoms with Crippen molar-refractivity contribution in [3.8, 4) is 0 Å². The van der Waals surface area contributed by atoms with Crippen LogP contribution in [0.3, 0.4) is 0 Å². The van der Waals surface area contributed by atoms with Gasteiger partial charge in [0.25, 0.3) is 5.91 Å². The molecule has 0 fully saturated rings. The van der Waals surface area contributed by atoms with Crippen molar-refractivity contribution < 1.29 is 13.6 Å². The molecule has 1 heterocycles. The third-order valence-electron chi connectivity index (χ3n) is 3.76. The first-order valence-corrected chi connectivity index (χ1v) is 7.83. The van der Waals surface area contributed by atoms with Gasteiger partial charge in [-0.05, 0) is 29.3 Å². The van der Waals surface area contributed by atoms with E-state index >= 15 is 0 Å². The van der Waals surface area contributed by atoms with E-state index < -0.39 is 11.7 Å². The molecule has 25 heavy (non-hydrogen) atoms. The molecule has 0 spiro atoms. The predicted molar refractivity (Wildman–Crippen MR) is 91.0 cm³/mol. The Kier molecular flexibility index (Phi) is 5.14. The first-order valence-electron chi connectivity index (χ1n) is 7.83. The van der Waals surface area contributed by atoms with Crippen molar-refractivity contribution in [3.05, 3.63) is 101 Å². The summed E-state index contributed by atoms with van der Waals surface area (Å²) < 4.78 is 26.6. The molecule has 2 aromatic carbocycles. The normalized spacial score (nSPS) is 10.5. The van der Waals surface area contributed by atoms with Crippen LogP contribution in [0.25, 0.3) is 0 Å². The fraction of sp³-hybridized carbons (Fsp3) is 0.100. The van der Waals surface area contributed by atoms with Crippen LogP contribution >= 0.6 is 0 Å². The van der Waals surface area contributed by atoms with Crippen molar-refractivity contribution >= 4 is 5.91 Å². The molecule has 1 amide bonds. The molecule has 0 aliphatic carbocycles. The van der Waals surface area contributed by atoms with E-state index in [1.807, 2.05) is 30.3 Å². The summed E-state index contributed by atoms with van der Waals surface area (Å²) in [6.45, 7) is 0.339. The first-order chi connectivity index (χ1) is 12.1. The van der Waals surface area contributed by atoms with Crippen molar-refractivity contribution in [1.82, 2.24) is 10.3 Å². The Hall–Kier alpha value is -3.08. The number of amides is 1. The highest BCUT2D eigenvalue weighted by Crippen LogP contribution is 2.14. The summed E-state index contributed by atoms with van der Waals surface area (Å²) in [5.74, 6) is -1.31. The third-order valence-corrected chi connectivity index (χ3v) is 3.76. The van der Waals surface area contributed by atoms with Gasteiger partial charge in [0.15, 0.2) is 0 Å². The third kappa shape index (κ3) is 4.47. The summed E-state index contributed by atoms with van der Waals surface area (Å²) in [5.41, 5.74) is 2.36. The maximum absolute atomic E-state index is 13.6.